The Labute approximate surface area is 154 Å². The van der Waals surface area contributed by atoms with Crippen LogP contribution in [-0.2, 0) is 14.3 Å². The third kappa shape index (κ3) is 1.49. The molecule has 6 aliphatic carbocycles. The highest BCUT2D eigenvalue weighted by Gasteiger charge is 2.80. The number of hydrogen-bond acceptors (Lipinski definition) is 3. The minimum Gasteiger partial charge on any atom is -0.458 e. The Kier molecular flexibility index (Phi) is 2.46. The molecule has 0 aromatic carbocycles. The third-order valence-corrected chi connectivity index (χ3v) is 10.2. The quantitative estimate of drug-likeness (QED) is 0.621. The summed E-state index contributed by atoms with van der Waals surface area (Å²) in [7, 11) is 0. The number of rotatable bonds is 0. The van der Waals surface area contributed by atoms with Crippen LogP contribution < -0.4 is 0 Å². The van der Waals surface area contributed by atoms with Crippen LogP contribution in [0.25, 0.3) is 0 Å². The van der Waals surface area contributed by atoms with Gasteiger partial charge in [-0.05, 0) is 86.0 Å². The minimum absolute atomic E-state index is 0.0589. The molecule has 0 radical (unpaired) electrons. The van der Waals surface area contributed by atoms with Gasteiger partial charge in [0.25, 0.3) is 0 Å². The van der Waals surface area contributed by atoms with Crippen molar-refractivity contribution in [2.24, 2.45) is 52.8 Å². The zero-order valence-electron chi connectivity index (χ0n) is 15.6. The smallest absolute Gasteiger partial charge is 0.306 e. The van der Waals surface area contributed by atoms with E-state index in [1.54, 1.807) is 5.57 Å². The summed E-state index contributed by atoms with van der Waals surface area (Å²) in [5, 5.41) is 0. The number of carbonyl (C=O) groups is 2. The molecule has 1 aliphatic heterocycles. The van der Waals surface area contributed by atoms with Crippen LogP contribution in [0.4, 0.5) is 0 Å². The Morgan fingerprint density at radius 3 is 2.69 bits per heavy atom. The molecule has 4 unspecified atom stereocenters. The summed E-state index contributed by atoms with van der Waals surface area (Å²) >= 11 is 0. The predicted molar refractivity (Wildman–Crippen MR) is 94.9 cm³/mol. The van der Waals surface area contributed by atoms with E-state index >= 15 is 0 Å². The van der Waals surface area contributed by atoms with Gasteiger partial charge in [0.15, 0.2) is 5.78 Å². The van der Waals surface area contributed by atoms with Gasteiger partial charge in [-0.25, -0.2) is 0 Å². The summed E-state index contributed by atoms with van der Waals surface area (Å²) < 4.78 is 6.19. The molecule has 5 saturated carbocycles. The summed E-state index contributed by atoms with van der Waals surface area (Å²) in [6.45, 7) is 2.49. The first-order valence-corrected chi connectivity index (χ1v) is 11.0. The summed E-state index contributed by atoms with van der Waals surface area (Å²) in [6, 6.07) is 0. The highest BCUT2D eigenvalue weighted by atomic mass is 16.6. The Balaban J connectivity index is 1.31. The van der Waals surface area contributed by atoms with Crippen molar-refractivity contribution >= 4 is 11.8 Å². The van der Waals surface area contributed by atoms with E-state index in [0.717, 1.165) is 48.9 Å². The monoisotopic (exact) mass is 352 g/mol. The van der Waals surface area contributed by atoms with Gasteiger partial charge < -0.3 is 4.74 Å². The van der Waals surface area contributed by atoms with E-state index in [9.17, 15) is 9.59 Å². The Morgan fingerprint density at radius 2 is 1.88 bits per heavy atom. The maximum absolute atomic E-state index is 12.1. The van der Waals surface area contributed by atoms with E-state index in [4.69, 9.17) is 4.74 Å². The lowest BCUT2D eigenvalue weighted by molar-refractivity contribution is -0.174. The predicted octanol–water partition coefficient (Wildman–Crippen LogP) is 3.92. The molecule has 0 aromatic heterocycles. The number of ether oxygens (including phenoxy) is 1. The number of esters is 1. The Morgan fingerprint density at radius 1 is 1.00 bits per heavy atom. The van der Waals surface area contributed by atoms with Crippen LogP contribution in [0.2, 0.25) is 0 Å². The van der Waals surface area contributed by atoms with Gasteiger partial charge in [0.05, 0.1) is 0 Å². The third-order valence-electron chi connectivity index (χ3n) is 10.2. The normalized spacial score (nSPS) is 61.0. The molecule has 1 spiro atoms. The van der Waals surface area contributed by atoms with Crippen molar-refractivity contribution < 1.29 is 14.3 Å². The zero-order valence-corrected chi connectivity index (χ0v) is 15.6. The number of carbonyl (C=O) groups excluding carboxylic acids is 2. The second-order valence-electron chi connectivity index (χ2n) is 10.9. The average Bonchev–Trinajstić information content (AvgIpc) is 3.51. The van der Waals surface area contributed by atoms with E-state index in [1.165, 1.54) is 25.7 Å². The fourth-order valence-corrected chi connectivity index (χ4v) is 9.35. The van der Waals surface area contributed by atoms with Crippen molar-refractivity contribution in [2.75, 3.05) is 0 Å². The van der Waals surface area contributed by atoms with Gasteiger partial charge in [-0.1, -0.05) is 12.5 Å². The molecule has 6 fully saturated rings. The lowest BCUT2D eigenvalue weighted by Gasteiger charge is -2.57. The molecule has 10 atom stereocenters. The molecule has 0 aromatic rings. The molecule has 1 heterocycles. The van der Waals surface area contributed by atoms with Crippen molar-refractivity contribution in [3.8, 4) is 0 Å². The van der Waals surface area contributed by atoms with E-state index in [0.29, 0.717) is 30.0 Å². The first-order valence-electron chi connectivity index (χ1n) is 11.0. The van der Waals surface area contributed by atoms with Crippen molar-refractivity contribution in [3.63, 3.8) is 0 Å². The Hall–Kier alpha value is -1.12. The number of hydrogen-bond donors (Lipinski definition) is 0. The van der Waals surface area contributed by atoms with Gasteiger partial charge in [0, 0.05) is 24.2 Å². The lowest BCUT2D eigenvalue weighted by atomic mass is 9.49. The number of fused-ring (bicyclic) bond motifs is 12. The minimum atomic E-state index is -0.118. The van der Waals surface area contributed by atoms with Crippen LogP contribution in [0.1, 0.15) is 58.3 Å². The maximum atomic E-state index is 12.1. The molecule has 0 N–H and O–H groups in total. The van der Waals surface area contributed by atoms with Gasteiger partial charge in [-0.3, -0.25) is 9.59 Å². The van der Waals surface area contributed by atoms with Gasteiger partial charge in [0.1, 0.15) is 5.60 Å². The Bertz CT molecular complexity index is 782. The molecular formula is C23H28O3. The van der Waals surface area contributed by atoms with Gasteiger partial charge >= 0.3 is 5.97 Å². The lowest BCUT2D eigenvalue weighted by Crippen LogP contribution is -2.55. The largest absolute Gasteiger partial charge is 0.458 e. The van der Waals surface area contributed by atoms with Crippen molar-refractivity contribution in [3.05, 3.63) is 11.6 Å². The van der Waals surface area contributed by atoms with Crippen molar-refractivity contribution in [1.82, 2.24) is 0 Å². The summed E-state index contributed by atoms with van der Waals surface area (Å²) in [5.41, 5.74) is 1.64. The van der Waals surface area contributed by atoms with Crippen LogP contribution in [0, 0.1) is 52.8 Å². The fraction of sp³-hybridized carbons (Fsp3) is 0.826. The number of allylic oxidation sites excluding steroid dienone is 1. The van der Waals surface area contributed by atoms with Gasteiger partial charge in [0.2, 0.25) is 0 Å². The van der Waals surface area contributed by atoms with Crippen LogP contribution in [0.5, 0.6) is 0 Å². The van der Waals surface area contributed by atoms with Crippen LogP contribution >= 0.6 is 0 Å². The molecule has 138 valence electrons. The first-order chi connectivity index (χ1) is 12.5. The molecule has 3 nitrogen and oxygen atoms in total. The van der Waals surface area contributed by atoms with E-state index in [1.807, 2.05) is 0 Å². The highest BCUT2D eigenvalue weighted by Crippen LogP contribution is 2.81. The standard InChI is InChI=1S/C23H28O3/c1-22-6-4-13-12-3-2-11(24)8-14(12)15-9-16(15)20(13)21(22)17-10-18(17)23(22)7-5-19(25)26-23/h8,12-13,15-18,20-21H,2-7,9-10H2,1H3/t12?,13?,15-,16-,17+,18-,20?,21?,22-,23-/m0/s1. The van der Waals surface area contributed by atoms with Crippen LogP contribution in [0.3, 0.4) is 0 Å². The van der Waals surface area contributed by atoms with E-state index in [-0.39, 0.29) is 17.0 Å². The van der Waals surface area contributed by atoms with E-state index in [2.05, 4.69) is 13.0 Å². The topological polar surface area (TPSA) is 43.4 Å². The van der Waals surface area contributed by atoms with Crippen LogP contribution in [0.15, 0.2) is 11.6 Å². The first kappa shape index (κ1) is 14.9. The zero-order chi connectivity index (χ0) is 17.4. The molecule has 0 bridgehead atoms. The molecule has 3 heteroatoms. The second-order valence-corrected chi connectivity index (χ2v) is 10.9. The van der Waals surface area contributed by atoms with E-state index < -0.39 is 0 Å². The van der Waals surface area contributed by atoms with Crippen LogP contribution in [-0.4, -0.2) is 17.4 Å². The molecule has 0 amide bonds. The average molecular weight is 352 g/mol. The second kappa shape index (κ2) is 4.31. The summed E-state index contributed by atoms with van der Waals surface area (Å²) in [4.78, 5) is 24.1. The van der Waals surface area contributed by atoms with Gasteiger partial charge in [-0.15, -0.1) is 0 Å². The maximum Gasteiger partial charge on any atom is 0.306 e. The molecule has 7 rings (SSSR count). The number of ketones is 1. The fourth-order valence-electron chi connectivity index (χ4n) is 9.35. The SMILES string of the molecule is C[C@]12CCC3C4CCC(=O)C=C4[C@@H]4C[C@@H]4C3C1[C@@H]1C[C@@H]1[C@@]21CCC(=O)O1. The van der Waals surface area contributed by atoms with Gasteiger partial charge in [-0.2, -0.15) is 0 Å². The van der Waals surface area contributed by atoms with Crippen molar-refractivity contribution in [2.45, 2.75) is 63.9 Å². The molecule has 26 heavy (non-hydrogen) atoms. The summed E-state index contributed by atoms with van der Waals surface area (Å²) in [5.74, 6) is 6.54. The summed E-state index contributed by atoms with van der Waals surface area (Å²) in [6.07, 6.45) is 10.7. The van der Waals surface area contributed by atoms with Crippen molar-refractivity contribution in [1.29, 1.82) is 0 Å². The molecule has 7 aliphatic rings. The molecular weight excluding hydrogens is 324 g/mol. The molecule has 1 saturated heterocycles. The highest BCUT2D eigenvalue weighted by molar-refractivity contribution is 5.91.